The second-order valence-electron chi connectivity index (χ2n) is 9.04. The van der Waals surface area contributed by atoms with Gasteiger partial charge in [-0.25, -0.2) is 4.98 Å². The highest BCUT2D eigenvalue weighted by Gasteiger charge is 2.28. The quantitative estimate of drug-likeness (QED) is 0.587. The summed E-state index contributed by atoms with van der Waals surface area (Å²) in [5.41, 5.74) is 0.743. The summed E-state index contributed by atoms with van der Waals surface area (Å²) in [7, 11) is 0. The van der Waals surface area contributed by atoms with Crippen LogP contribution in [0, 0.1) is 5.92 Å². The van der Waals surface area contributed by atoms with Crippen molar-refractivity contribution in [2.45, 2.75) is 51.7 Å². The first-order valence-corrected chi connectivity index (χ1v) is 12.2. The Hall–Kier alpha value is -1.60. The maximum Gasteiger partial charge on any atom is 0.223 e. The van der Waals surface area contributed by atoms with Gasteiger partial charge >= 0.3 is 0 Å². The van der Waals surface area contributed by atoms with Gasteiger partial charge in [-0.05, 0) is 50.8 Å². The Labute approximate surface area is 199 Å². The number of carbonyl (C=O) groups is 1. The largest absolute Gasteiger partial charge is 0.441 e. The Morgan fingerprint density at radius 1 is 1.16 bits per heavy atom. The number of ether oxygens (including phenoxy) is 1. The zero-order valence-corrected chi connectivity index (χ0v) is 20.2. The lowest BCUT2D eigenvalue weighted by Gasteiger charge is -2.39. The standard InChI is InChI=1S/C24H31Cl2N3O3/c1-16-13-28(14-17(2)31-16)15-18-7-9-29(10-8-18)24(30)6-5-23-27-12-22(32-23)20-4-3-19(25)11-21(20)26/h3-4,11-12,16-18H,5-10,13-15H2,1-2H3. The molecule has 0 N–H and O–H groups in total. The van der Waals surface area contributed by atoms with Gasteiger partial charge in [0.05, 0.1) is 23.4 Å². The van der Waals surface area contributed by atoms with E-state index < -0.39 is 0 Å². The number of rotatable bonds is 6. The Morgan fingerprint density at radius 3 is 2.56 bits per heavy atom. The summed E-state index contributed by atoms with van der Waals surface area (Å²) in [4.78, 5) is 21.5. The molecule has 2 fully saturated rings. The van der Waals surface area contributed by atoms with Gasteiger partial charge in [0.1, 0.15) is 0 Å². The number of piperidine rings is 1. The molecule has 6 nitrogen and oxygen atoms in total. The van der Waals surface area contributed by atoms with Crippen molar-refractivity contribution < 1.29 is 13.9 Å². The van der Waals surface area contributed by atoms with Gasteiger partial charge in [-0.2, -0.15) is 0 Å². The Balaban J connectivity index is 1.22. The molecule has 4 rings (SSSR count). The monoisotopic (exact) mass is 479 g/mol. The van der Waals surface area contributed by atoms with Gasteiger partial charge in [0.25, 0.3) is 0 Å². The molecule has 2 aliphatic rings. The molecule has 2 unspecified atom stereocenters. The highest BCUT2D eigenvalue weighted by atomic mass is 35.5. The lowest BCUT2D eigenvalue weighted by molar-refractivity contribution is -0.132. The number of likely N-dealkylation sites (tertiary alicyclic amines) is 1. The molecule has 0 bridgehead atoms. The molecule has 1 amide bonds. The smallest absolute Gasteiger partial charge is 0.223 e. The van der Waals surface area contributed by atoms with E-state index in [0.717, 1.165) is 51.1 Å². The van der Waals surface area contributed by atoms with Crippen LogP contribution in [0.1, 0.15) is 39.0 Å². The zero-order valence-electron chi connectivity index (χ0n) is 18.7. The van der Waals surface area contributed by atoms with Gasteiger partial charge < -0.3 is 14.1 Å². The van der Waals surface area contributed by atoms with Gasteiger partial charge in [0.15, 0.2) is 11.7 Å². The van der Waals surface area contributed by atoms with Crippen molar-refractivity contribution in [3.05, 3.63) is 40.3 Å². The molecule has 8 heteroatoms. The van der Waals surface area contributed by atoms with Crippen LogP contribution in [0.3, 0.4) is 0 Å². The Morgan fingerprint density at radius 2 is 1.88 bits per heavy atom. The minimum absolute atomic E-state index is 0.168. The Bertz CT molecular complexity index is 917. The molecule has 1 aromatic carbocycles. The lowest BCUT2D eigenvalue weighted by atomic mass is 9.95. The van der Waals surface area contributed by atoms with Crippen LogP contribution in [0.25, 0.3) is 11.3 Å². The number of aromatic nitrogens is 1. The highest BCUT2D eigenvalue weighted by Crippen LogP contribution is 2.31. The van der Waals surface area contributed by atoms with Crippen LogP contribution in [0.2, 0.25) is 10.0 Å². The fourth-order valence-electron chi connectivity index (χ4n) is 4.78. The first kappa shape index (κ1) is 23.6. The number of benzene rings is 1. The van der Waals surface area contributed by atoms with Crippen LogP contribution >= 0.6 is 23.2 Å². The summed E-state index contributed by atoms with van der Waals surface area (Å²) in [5.74, 6) is 1.95. The average Bonchev–Trinajstić information content (AvgIpc) is 3.20. The van der Waals surface area contributed by atoms with E-state index in [2.05, 4.69) is 23.7 Å². The van der Waals surface area contributed by atoms with Gasteiger partial charge in [-0.3, -0.25) is 9.69 Å². The maximum atomic E-state index is 12.7. The van der Waals surface area contributed by atoms with E-state index in [-0.39, 0.29) is 5.91 Å². The summed E-state index contributed by atoms with van der Waals surface area (Å²) in [5, 5.41) is 1.09. The molecule has 3 heterocycles. The fourth-order valence-corrected chi connectivity index (χ4v) is 5.28. The van der Waals surface area contributed by atoms with Crippen LogP contribution in [0.5, 0.6) is 0 Å². The van der Waals surface area contributed by atoms with E-state index in [1.807, 2.05) is 11.0 Å². The number of hydrogen-bond acceptors (Lipinski definition) is 5. The molecule has 0 saturated carbocycles. The van der Waals surface area contributed by atoms with Crippen LogP contribution in [-0.4, -0.2) is 65.6 Å². The van der Waals surface area contributed by atoms with Crippen molar-refractivity contribution in [1.29, 1.82) is 0 Å². The van der Waals surface area contributed by atoms with E-state index in [9.17, 15) is 4.79 Å². The van der Waals surface area contributed by atoms with Crippen molar-refractivity contribution in [2.24, 2.45) is 5.92 Å². The zero-order chi connectivity index (χ0) is 22.7. The molecule has 2 aliphatic heterocycles. The second-order valence-corrected chi connectivity index (χ2v) is 9.89. The van der Waals surface area contributed by atoms with Gasteiger partial charge in [0.2, 0.25) is 5.91 Å². The molecule has 174 valence electrons. The van der Waals surface area contributed by atoms with Crippen LogP contribution < -0.4 is 0 Å². The number of amides is 1. The van der Waals surface area contributed by atoms with Crippen molar-refractivity contribution in [3.8, 4) is 11.3 Å². The third-order valence-electron chi connectivity index (χ3n) is 6.28. The molecule has 0 aliphatic carbocycles. The average molecular weight is 480 g/mol. The van der Waals surface area contributed by atoms with Crippen molar-refractivity contribution in [1.82, 2.24) is 14.8 Å². The number of aryl methyl sites for hydroxylation is 1. The predicted octanol–water partition coefficient (Wildman–Crippen LogP) is 4.93. The molecule has 2 aromatic rings. The van der Waals surface area contributed by atoms with E-state index >= 15 is 0 Å². The summed E-state index contributed by atoms with van der Waals surface area (Å²) >= 11 is 12.2. The number of carbonyl (C=O) groups excluding carboxylic acids is 1. The molecular weight excluding hydrogens is 449 g/mol. The summed E-state index contributed by atoms with van der Waals surface area (Å²) in [6.45, 7) is 9.06. The summed E-state index contributed by atoms with van der Waals surface area (Å²) in [6.07, 6.45) is 5.24. The second kappa shape index (κ2) is 10.6. The molecule has 1 aromatic heterocycles. The number of morpholine rings is 1. The van der Waals surface area contributed by atoms with Crippen molar-refractivity contribution >= 4 is 29.1 Å². The van der Waals surface area contributed by atoms with Crippen LogP contribution in [-0.2, 0) is 16.0 Å². The molecule has 2 atom stereocenters. The van der Waals surface area contributed by atoms with Crippen LogP contribution in [0.15, 0.2) is 28.8 Å². The molecule has 2 saturated heterocycles. The number of hydrogen-bond donors (Lipinski definition) is 0. The van der Waals surface area contributed by atoms with Crippen molar-refractivity contribution in [2.75, 3.05) is 32.7 Å². The van der Waals surface area contributed by atoms with Gasteiger partial charge in [-0.1, -0.05) is 23.2 Å². The molecular formula is C24H31Cl2N3O3. The minimum Gasteiger partial charge on any atom is -0.441 e. The first-order valence-electron chi connectivity index (χ1n) is 11.4. The number of nitrogens with zero attached hydrogens (tertiary/aromatic N) is 3. The Kier molecular flexibility index (Phi) is 7.77. The highest BCUT2D eigenvalue weighted by molar-refractivity contribution is 6.36. The van der Waals surface area contributed by atoms with E-state index in [1.54, 1.807) is 18.3 Å². The predicted molar refractivity (Wildman–Crippen MR) is 126 cm³/mol. The van der Waals surface area contributed by atoms with Crippen LogP contribution in [0.4, 0.5) is 0 Å². The number of halogens is 2. The fraction of sp³-hybridized carbons (Fsp3) is 0.583. The number of oxazole rings is 1. The third-order valence-corrected chi connectivity index (χ3v) is 6.83. The maximum absolute atomic E-state index is 12.7. The summed E-state index contributed by atoms with van der Waals surface area (Å²) < 4.78 is 11.7. The topological polar surface area (TPSA) is 58.8 Å². The molecule has 32 heavy (non-hydrogen) atoms. The lowest BCUT2D eigenvalue weighted by Crippen LogP contribution is -2.48. The third kappa shape index (κ3) is 6.04. The van der Waals surface area contributed by atoms with Crippen molar-refractivity contribution in [3.63, 3.8) is 0 Å². The first-order chi connectivity index (χ1) is 15.4. The normalized spacial score (nSPS) is 22.9. The molecule has 0 radical (unpaired) electrons. The van der Waals surface area contributed by atoms with E-state index in [0.29, 0.717) is 52.7 Å². The van der Waals surface area contributed by atoms with Gasteiger partial charge in [0, 0.05) is 56.2 Å². The molecule has 0 spiro atoms. The van der Waals surface area contributed by atoms with E-state index in [1.165, 1.54) is 0 Å². The van der Waals surface area contributed by atoms with E-state index in [4.69, 9.17) is 32.4 Å². The van der Waals surface area contributed by atoms with Gasteiger partial charge in [-0.15, -0.1) is 0 Å². The minimum atomic E-state index is 0.168. The summed E-state index contributed by atoms with van der Waals surface area (Å²) in [6, 6.07) is 5.24. The SMILES string of the molecule is CC1CN(CC2CCN(C(=O)CCc3ncc(-c4ccc(Cl)cc4Cl)o3)CC2)CC(C)O1.